The molecule has 4 nitrogen and oxygen atoms in total. The van der Waals surface area contributed by atoms with E-state index < -0.39 is 0 Å². The van der Waals surface area contributed by atoms with Gasteiger partial charge in [0.05, 0.1) is 12.3 Å². The maximum atomic E-state index is 11.0. The lowest BCUT2D eigenvalue weighted by Crippen LogP contribution is -2.26. The maximum Gasteiger partial charge on any atom is 0.219 e. The molecule has 2 rings (SSSR count). The lowest BCUT2D eigenvalue weighted by atomic mass is 10.1. The monoisotopic (exact) mass is 168 g/mol. The van der Waals surface area contributed by atoms with E-state index in [1.54, 1.807) is 11.8 Å². The molecular formula is C8H12N2O2. The molecule has 0 atom stereocenters. The lowest BCUT2D eigenvalue weighted by molar-refractivity contribution is -0.127. The fraction of sp³-hybridized carbons (Fsp3) is 0.750. The van der Waals surface area contributed by atoms with Crippen molar-refractivity contribution >= 4 is 11.6 Å². The SMILES string of the molecule is CC(=O)N1C/C(=N/O)C2(CC2)C1. The fourth-order valence-electron chi connectivity index (χ4n) is 1.82. The van der Waals surface area contributed by atoms with Crippen molar-refractivity contribution in [3.05, 3.63) is 0 Å². The summed E-state index contributed by atoms with van der Waals surface area (Å²) < 4.78 is 0. The van der Waals surface area contributed by atoms with Crippen LogP contribution >= 0.6 is 0 Å². The summed E-state index contributed by atoms with van der Waals surface area (Å²) in [4.78, 5) is 12.8. The molecule has 0 bridgehead atoms. The van der Waals surface area contributed by atoms with Crippen molar-refractivity contribution in [2.24, 2.45) is 10.6 Å². The average molecular weight is 168 g/mol. The Hall–Kier alpha value is -1.06. The van der Waals surface area contributed by atoms with Crippen molar-refractivity contribution in [2.45, 2.75) is 19.8 Å². The number of hydrogen-bond donors (Lipinski definition) is 1. The molecule has 1 amide bonds. The third-order valence-electron chi connectivity index (χ3n) is 2.87. The highest BCUT2D eigenvalue weighted by Gasteiger charge is 2.54. The Bertz CT molecular complexity index is 256. The van der Waals surface area contributed by atoms with E-state index in [4.69, 9.17) is 5.21 Å². The minimum atomic E-state index is 0.0694. The predicted molar refractivity (Wildman–Crippen MR) is 43.1 cm³/mol. The number of oxime groups is 1. The zero-order valence-corrected chi connectivity index (χ0v) is 7.08. The Morgan fingerprint density at radius 1 is 1.67 bits per heavy atom. The second-order valence-electron chi connectivity index (χ2n) is 3.70. The molecule has 1 heterocycles. The highest BCUT2D eigenvalue weighted by molar-refractivity contribution is 5.99. The third-order valence-corrected chi connectivity index (χ3v) is 2.87. The average Bonchev–Trinajstić information content (AvgIpc) is 2.64. The van der Waals surface area contributed by atoms with E-state index in [9.17, 15) is 4.79 Å². The molecule has 0 aromatic carbocycles. The van der Waals surface area contributed by atoms with Gasteiger partial charge in [0.15, 0.2) is 0 Å². The van der Waals surface area contributed by atoms with E-state index >= 15 is 0 Å². The van der Waals surface area contributed by atoms with Crippen LogP contribution in [0.5, 0.6) is 0 Å². The van der Waals surface area contributed by atoms with Crippen molar-refractivity contribution in [1.29, 1.82) is 0 Å². The largest absolute Gasteiger partial charge is 0.411 e. The topological polar surface area (TPSA) is 52.9 Å². The van der Waals surface area contributed by atoms with E-state index in [2.05, 4.69) is 5.16 Å². The number of rotatable bonds is 0. The van der Waals surface area contributed by atoms with Crippen LogP contribution < -0.4 is 0 Å². The molecule has 0 unspecified atom stereocenters. The van der Waals surface area contributed by atoms with Crippen LogP contribution in [0.15, 0.2) is 5.16 Å². The lowest BCUT2D eigenvalue weighted by Gasteiger charge is -2.11. The van der Waals surface area contributed by atoms with Crippen LogP contribution in [0.1, 0.15) is 19.8 Å². The quantitative estimate of drug-likeness (QED) is 0.422. The van der Waals surface area contributed by atoms with Gasteiger partial charge in [-0.05, 0) is 12.8 Å². The van der Waals surface area contributed by atoms with Gasteiger partial charge < -0.3 is 10.1 Å². The van der Waals surface area contributed by atoms with Crippen molar-refractivity contribution in [3.63, 3.8) is 0 Å². The van der Waals surface area contributed by atoms with Crippen LogP contribution in [0, 0.1) is 5.41 Å². The first-order valence-electron chi connectivity index (χ1n) is 4.15. The fourth-order valence-corrected chi connectivity index (χ4v) is 1.82. The van der Waals surface area contributed by atoms with Gasteiger partial charge in [0.1, 0.15) is 0 Å². The van der Waals surface area contributed by atoms with E-state index in [-0.39, 0.29) is 11.3 Å². The first-order chi connectivity index (χ1) is 5.68. The second-order valence-corrected chi connectivity index (χ2v) is 3.70. The molecule has 1 aliphatic carbocycles. The number of hydrogen-bond acceptors (Lipinski definition) is 3. The minimum Gasteiger partial charge on any atom is -0.411 e. The van der Waals surface area contributed by atoms with Crippen LogP contribution in [0.2, 0.25) is 0 Å². The van der Waals surface area contributed by atoms with Crippen molar-refractivity contribution < 1.29 is 10.0 Å². The predicted octanol–water partition coefficient (Wildman–Crippen LogP) is 0.459. The van der Waals surface area contributed by atoms with Crippen LogP contribution in [0.4, 0.5) is 0 Å². The van der Waals surface area contributed by atoms with Gasteiger partial charge in [-0.1, -0.05) is 5.16 Å². The number of nitrogens with zero attached hydrogens (tertiary/aromatic N) is 2. The van der Waals surface area contributed by atoms with Gasteiger partial charge in [-0.3, -0.25) is 4.79 Å². The summed E-state index contributed by atoms with van der Waals surface area (Å²) in [5, 5.41) is 11.9. The van der Waals surface area contributed by atoms with Gasteiger partial charge in [-0.2, -0.15) is 0 Å². The Morgan fingerprint density at radius 2 is 2.33 bits per heavy atom. The summed E-state index contributed by atoms with van der Waals surface area (Å²) >= 11 is 0. The van der Waals surface area contributed by atoms with E-state index in [0.29, 0.717) is 6.54 Å². The number of amides is 1. The second kappa shape index (κ2) is 2.21. The van der Waals surface area contributed by atoms with Crippen LogP contribution in [-0.2, 0) is 4.79 Å². The molecule has 1 spiro atoms. The summed E-state index contributed by atoms with van der Waals surface area (Å²) in [6, 6.07) is 0. The smallest absolute Gasteiger partial charge is 0.219 e. The number of carbonyl (C=O) groups excluding carboxylic acids is 1. The molecule has 0 aromatic rings. The molecule has 1 saturated heterocycles. The first kappa shape index (κ1) is 7.58. The van der Waals surface area contributed by atoms with Crippen molar-refractivity contribution in [2.75, 3.05) is 13.1 Å². The van der Waals surface area contributed by atoms with Gasteiger partial charge in [0.2, 0.25) is 5.91 Å². The molecule has 2 aliphatic rings. The normalized spacial score (nSPS) is 28.4. The van der Waals surface area contributed by atoms with Crippen LogP contribution in [0.3, 0.4) is 0 Å². The molecular weight excluding hydrogens is 156 g/mol. The van der Waals surface area contributed by atoms with Gasteiger partial charge in [-0.15, -0.1) is 0 Å². The van der Waals surface area contributed by atoms with E-state index in [1.807, 2.05) is 0 Å². The first-order valence-corrected chi connectivity index (χ1v) is 4.15. The zero-order chi connectivity index (χ0) is 8.77. The summed E-state index contributed by atoms with van der Waals surface area (Å²) in [7, 11) is 0. The third kappa shape index (κ3) is 0.906. The van der Waals surface area contributed by atoms with Crippen LogP contribution in [0.25, 0.3) is 0 Å². The Kier molecular flexibility index (Phi) is 1.40. The van der Waals surface area contributed by atoms with Crippen molar-refractivity contribution in [3.8, 4) is 0 Å². The summed E-state index contributed by atoms with van der Waals surface area (Å²) in [5.74, 6) is 0.0694. The van der Waals surface area contributed by atoms with E-state index in [1.165, 1.54) is 0 Å². The molecule has 1 saturated carbocycles. The molecule has 0 radical (unpaired) electrons. The number of likely N-dealkylation sites (tertiary alicyclic amines) is 1. The van der Waals surface area contributed by atoms with Gasteiger partial charge >= 0.3 is 0 Å². The highest BCUT2D eigenvalue weighted by atomic mass is 16.4. The van der Waals surface area contributed by atoms with Crippen molar-refractivity contribution in [1.82, 2.24) is 4.90 Å². The summed E-state index contributed by atoms with van der Waals surface area (Å²) in [6.07, 6.45) is 2.13. The Morgan fingerprint density at radius 3 is 2.67 bits per heavy atom. The van der Waals surface area contributed by atoms with Gasteiger partial charge in [0, 0.05) is 18.9 Å². The zero-order valence-electron chi connectivity index (χ0n) is 7.08. The highest BCUT2D eigenvalue weighted by Crippen LogP contribution is 2.50. The molecule has 4 heteroatoms. The molecule has 1 aliphatic heterocycles. The molecule has 0 aromatic heterocycles. The van der Waals surface area contributed by atoms with Gasteiger partial charge in [-0.25, -0.2) is 0 Å². The molecule has 2 fully saturated rings. The van der Waals surface area contributed by atoms with Gasteiger partial charge in [0.25, 0.3) is 0 Å². The minimum absolute atomic E-state index is 0.0694. The van der Waals surface area contributed by atoms with Crippen LogP contribution in [-0.4, -0.2) is 34.8 Å². The molecule has 1 N–H and O–H groups in total. The molecule has 12 heavy (non-hydrogen) atoms. The Labute approximate surface area is 70.8 Å². The Balaban J connectivity index is 2.17. The van der Waals surface area contributed by atoms with E-state index in [0.717, 1.165) is 25.1 Å². The molecule has 66 valence electrons. The summed E-state index contributed by atoms with van der Waals surface area (Å²) in [5.41, 5.74) is 0.859. The summed E-state index contributed by atoms with van der Waals surface area (Å²) in [6.45, 7) is 2.82. The standard InChI is InChI=1S/C8H12N2O2/c1-6(11)10-4-7(9-12)8(5-10)2-3-8/h12H,2-5H2,1H3/b9-7-. The number of carbonyl (C=O) groups is 1. The maximum absolute atomic E-state index is 11.0.